The molecule has 1 nitrogen and oxygen atoms in total. The second-order valence-corrected chi connectivity index (χ2v) is 6.03. The quantitative estimate of drug-likeness (QED) is 0.694. The van der Waals surface area contributed by atoms with Crippen LogP contribution < -0.4 is 0 Å². The lowest BCUT2D eigenvalue weighted by atomic mass is 9.90. The summed E-state index contributed by atoms with van der Waals surface area (Å²) in [6, 6.07) is 8.68. The molecule has 1 aromatic carbocycles. The molecule has 0 radical (unpaired) electrons. The molecule has 0 aliphatic heterocycles. The van der Waals surface area contributed by atoms with E-state index in [9.17, 15) is 5.11 Å². The second kappa shape index (κ2) is 6.94. The molecular weight excluding hydrogens is 220 g/mol. The Balaban J connectivity index is 2.55. The molecule has 0 saturated heterocycles. The average Bonchev–Trinajstić information content (AvgIpc) is 2.29. The Morgan fingerprint density at radius 1 is 1.11 bits per heavy atom. The van der Waals surface area contributed by atoms with Gasteiger partial charge in [0.25, 0.3) is 0 Å². The van der Waals surface area contributed by atoms with E-state index in [4.69, 9.17) is 0 Å². The average molecular weight is 248 g/mol. The molecule has 0 aliphatic rings. The van der Waals surface area contributed by atoms with Crippen LogP contribution in [0, 0.1) is 0 Å². The van der Waals surface area contributed by atoms with Gasteiger partial charge in [-0.2, -0.15) is 0 Å². The molecule has 18 heavy (non-hydrogen) atoms. The minimum absolute atomic E-state index is 0.561. The van der Waals surface area contributed by atoms with Gasteiger partial charge in [-0.15, -0.1) is 0 Å². The van der Waals surface area contributed by atoms with Crippen molar-refractivity contribution >= 4 is 0 Å². The summed E-state index contributed by atoms with van der Waals surface area (Å²) in [5, 5.41) is 10.4. The third-order valence-corrected chi connectivity index (χ3v) is 3.55. The molecule has 102 valence electrons. The Bertz CT molecular complexity index is 335. The van der Waals surface area contributed by atoms with E-state index < -0.39 is 5.60 Å². The molecular formula is C17H28O. The van der Waals surface area contributed by atoms with Crippen LogP contribution >= 0.6 is 0 Å². The van der Waals surface area contributed by atoms with Crippen LogP contribution in [0.1, 0.15) is 70.4 Å². The lowest BCUT2D eigenvalue weighted by molar-refractivity contribution is 0.0486. The van der Waals surface area contributed by atoms with Gasteiger partial charge < -0.3 is 5.11 Å². The largest absolute Gasteiger partial charge is 0.390 e. The first-order valence-corrected chi connectivity index (χ1v) is 7.26. The highest BCUT2D eigenvalue weighted by atomic mass is 16.3. The van der Waals surface area contributed by atoms with Gasteiger partial charge in [-0.1, -0.05) is 64.3 Å². The highest BCUT2D eigenvalue weighted by Gasteiger charge is 2.20. The number of benzene rings is 1. The van der Waals surface area contributed by atoms with E-state index >= 15 is 0 Å². The summed E-state index contributed by atoms with van der Waals surface area (Å²) >= 11 is 0. The predicted octanol–water partition coefficient (Wildman–Crippen LogP) is 4.68. The first-order valence-electron chi connectivity index (χ1n) is 7.26. The Kier molecular flexibility index (Phi) is 5.87. The zero-order valence-corrected chi connectivity index (χ0v) is 12.4. The van der Waals surface area contributed by atoms with Crippen molar-refractivity contribution in [1.29, 1.82) is 0 Å². The van der Waals surface area contributed by atoms with Crippen LogP contribution in [-0.4, -0.2) is 10.7 Å². The van der Waals surface area contributed by atoms with Crippen molar-refractivity contribution in [2.24, 2.45) is 0 Å². The molecule has 0 spiro atoms. The van der Waals surface area contributed by atoms with Gasteiger partial charge in [0, 0.05) is 6.42 Å². The van der Waals surface area contributed by atoms with Crippen LogP contribution in [0.2, 0.25) is 0 Å². The van der Waals surface area contributed by atoms with Crippen LogP contribution in [0.25, 0.3) is 0 Å². The first-order chi connectivity index (χ1) is 8.44. The zero-order chi connectivity index (χ0) is 13.6. The molecule has 1 rings (SSSR count). The first kappa shape index (κ1) is 15.2. The van der Waals surface area contributed by atoms with E-state index in [1.54, 1.807) is 0 Å². The van der Waals surface area contributed by atoms with Crippen LogP contribution in [0.5, 0.6) is 0 Å². The third kappa shape index (κ3) is 5.22. The normalized spacial score (nSPS) is 14.8. The predicted molar refractivity (Wildman–Crippen MR) is 79.0 cm³/mol. The summed E-state index contributed by atoms with van der Waals surface area (Å²) in [7, 11) is 0. The number of hydrogen-bond acceptors (Lipinski definition) is 1. The molecule has 0 bridgehead atoms. The van der Waals surface area contributed by atoms with Crippen LogP contribution in [0.3, 0.4) is 0 Å². The highest BCUT2D eigenvalue weighted by Crippen LogP contribution is 2.22. The molecule has 1 aromatic rings. The van der Waals surface area contributed by atoms with Gasteiger partial charge in [0.05, 0.1) is 5.60 Å². The lowest BCUT2D eigenvalue weighted by Crippen LogP contribution is -2.27. The maximum absolute atomic E-state index is 10.4. The summed E-state index contributed by atoms with van der Waals surface area (Å²) in [6.07, 6.45) is 5.19. The SMILES string of the molecule is CCCCCC(C)(O)Cc1ccc(C(C)C)cc1. The van der Waals surface area contributed by atoms with Gasteiger partial charge in [-0.05, 0) is 30.4 Å². The number of hydrogen-bond donors (Lipinski definition) is 1. The number of unbranched alkanes of at least 4 members (excludes halogenated alkanes) is 2. The van der Waals surface area contributed by atoms with Gasteiger partial charge in [0.15, 0.2) is 0 Å². The smallest absolute Gasteiger partial charge is 0.0660 e. The van der Waals surface area contributed by atoms with E-state index in [1.807, 2.05) is 6.92 Å². The zero-order valence-electron chi connectivity index (χ0n) is 12.4. The highest BCUT2D eigenvalue weighted by molar-refractivity contribution is 5.25. The van der Waals surface area contributed by atoms with Crippen molar-refractivity contribution in [2.75, 3.05) is 0 Å². The Labute approximate surface area is 112 Å². The van der Waals surface area contributed by atoms with Gasteiger partial charge >= 0.3 is 0 Å². The van der Waals surface area contributed by atoms with Gasteiger partial charge in [-0.3, -0.25) is 0 Å². The molecule has 0 heterocycles. The summed E-state index contributed by atoms with van der Waals surface area (Å²) in [6.45, 7) is 8.56. The molecule has 1 N–H and O–H groups in total. The fourth-order valence-corrected chi connectivity index (χ4v) is 2.30. The fourth-order valence-electron chi connectivity index (χ4n) is 2.30. The van der Waals surface area contributed by atoms with Crippen LogP contribution in [0.4, 0.5) is 0 Å². The lowest BCUT2D eigenvalue weighted by Gasteiger charge is -2.23. The van der Waals surface area contributed by atoms with Crippen molar-refractivity contribution in [3.05, 3.63) is 35.4 Å². The van der Waals surface area contributed by atoms with Gasteiger partial charge in [0.2, 0.25) is 0 Å². The van der Waals surface area contributed by atoms with Crippen molar-refractivity contribution < 1.29 is 5.11 Å². The number of rotatable bonds is 7. The van der Waals surface area contributed by atoms with Gasteiger partial charge in [0.1, 0.15) is 0 Å². The van der Waals surface area contributed by atoms with E-state index in [0.29, 0.717) is 5.92 Å². The van der Waals surface area contributed by atoms with E-state index in [1.165, 1.54) is 24.0 Å². The minimum atomic E-state index is -0.561. The summed E-state index contributed by atoms with van der Waals surface area (Å²) in [5.41, 5.74) is 2.04. The minimum Gasteiger partial charge on any atom is -0.390 e. The maximum atomic E-state index is 10.4. The molecule has 0 fully saturated rings. The Hall–Kier alpha value is -0.820. The molecule has 1 unspecified atom stereocenters. The standard InChI is InChI=1S/C17H28O/c1-5-6-7-12-17(4,18)13-15-8-10-16(11-9-15)14(2)3/h8-11,14,18H,5-7,12-13H2,1-4H3. The van der Waals surface area contributed by atoms with E-state index in [0.717, 1.165) is 19.3 Å². The topological polar surface area (TPSA) is 20.2 Å². The van der Waals surface area contributed by atoms with Crippen molar-refractivity contribution in [3.63, 3.8) is 0 Å². The summed E-state index contributed by atoms with van der Waals surface area (Å²) < 4.78 is 0. The second-order valence-electron chi connectivity index (χ2n) is 6.03. The summed E-state index contributed by atoms with van der Waals surface area (Å²) in [5.74, 6) is 0.573. The monoisotopic (exact) mass is 248 g/mol. The molecule has 0 saturated carbocycles. The van der Waals surface area contributed by atoms with Crippen molar-refractivity contribution in [3.8, 4) is 0 Å². The van der Waals surface area contributed by atoms with Crippen LogP contribution in [0.15, 0.2) is 24.3 Å². The van der Waals surface area contributed by atoms with Crippen LogP contribution in [-0.2, 0) is 6.42 Å². The Morgan fingerprint density at radius 2 is 1.72 bits per heavy atom. The fraction of sp³-hybridized carbons (Fsp3) is 0.647. The van der Waals surface area contributed by atoms with Crippen molar-refractivity contribution in [1.82, 2.24) is 0 Å². The number of aliphatic hydroxyl groups is 1. The van der Waals surface area contributed by atoms with Crippen molar-refractivity contribution in [2.45, 2.75) is 71.3 Å². The molecule has 0 aliphatic carbocycles. The summed E-state index contributed by atoms with van der Waals surface area (Å²) in [4.78, 5) is 0. The maximum Gasteiger partial charge on any atom is 0.0660 e. The van der Waals surface area contributed by atoms with Gasteiger partial charge in [-0.25, -0.2) is 0 Å². The molecule has 0 aromatic heterocycles. The van der Waals surface area contributed by atoms with E-state index in [-0.39, 0.29) is 0 Å². The molecule has 1 heteroatoms. The molecule has 0 amide bonds. The third-order valence-electron chi connectivity index (χ3n) is 3.55. The van der Waals surface area contributed by atoms with E-state index in [2.05, 4.69) is 45.0 Å². The Morgan fingerprint density at radius 3 is 2.22 bits per heavy atom. The molecule has 1 atom stereocenters.